The third-order valence-corrected chi connectivity index (χ3v) is 12.0. The summed E-state index contributed by atoms with van der Waals surface area (Å²) in [5.41, 5.74) is 0. The molecule has 6 heteroatoms. The summed E-state index contributed by atoms with van der Waals surface area (Å²) < 4.78 is 16.6. The Morgan fingerprint density at radius 1 is 0.273 bits per heavy atom. The smallest absolute Gasteiger partial charge is 0.310 e. The van der Waals surface area contributed by atoms with Gasteiger partial charge in [0.15, 0.2) is 6.10 Å². The average Bonchev–Trinajstić information content (AvgIpc) is 3.43. The molecule has 428 valence electrons. The predicted molar refractivity (Wildman–Crippen MR) is 334 cm³/mol. The monoisotopic (exact) mass is 1060 g/mol. The first-order chi connectivity index (χ1) is 38.0. The van der Waals surface area contributed by atoms with Gasteiger partial charge in [0.2, 0.25) is 0 Å². The van der Waals surface area contributed by atoms with Gasteiger partial charge in [-0.2, -0.15) is 0 Å². The molecule has 0 aliphatic carbocycles. The van der Waals surface area contributed by atoms with E-state index in [4.69, 9.17) is 14.2 Å². The van der Waals surface area contributed by atoms with E-state index in [0.717, 1.165) is 103 Å². The number of rotatable bonds is 52. The minimum Gasteiger partial charge on any atom is -0.462 e. The number of carbonyl (C=O) groups is 3. The molecule has 0 spiro atoms. The molecule has 0 amide bonds. The highest BCUT2D eigenvalue weighted by molar-refractivity contribution is 5.72. The number of unbranched alkanes of at least 4 members (excludes halogenated alkanes) is 13. The summed E-state index contributed by atoms with van der Waals surface area (Å²) in [6.45, 7) is 6.11. The zero-order chi connectivity index (χ0) is 55.7. The van der Waals surface area contributed by atoms with Gasteiger partial charge in [0, 0.05) is 6.42 Å². The Balaban J connectivity index is 4.44. The Morgan fingerprint density at radius 3 is 0.844 bits per heavy atom. The molecule has 0 aliphatic rings. The van der Waals surface area contributed by atoms with Crippen LogP contribution in [0.2, 0.25) is 0 Å². The summed E-state index contributed by atoms with van der Waals surface area (Å²) >= 11 is 0. The Labute approximate surface area is 472 Å². The van der Waals surface area contributed by atoms with Crippen molar-refractivity contribution in [2.45, 2.75) is 232 Å². The quantitative estimate of drug-likeness (QED) is 0.0261. The molecule has 0 aliphatic heterocycles. The van der Waals surface area contributed by atoms with Gasteiger partial charge >= 0.3 is 17.9 Å². The summed E-state index contributed by atoms with van der Waals surface area (Å²) in [5.74, 6) is -1.23. The molecule has 0 rings (SSSR count). The van der Waals surface area contributed by atoms with Gasteiger partial charge in [0.25, 0.3) is 0 Å². The van der Waals surface area contributed by atoms with Crippen LogP contribution in [0.3, 0.4) is 0 Å². The summed E-state index contributed by atoms with van der Waals surface area (Å²) in [4.78, 5) is 38.1. The molecule has 0 radical (unpaired) electrons. The number of hydrogen-bond acceptors (Lipinski definition) is 6. The van der Waals surface area contributed by atoms with Crippen LogP contribution in [0, 0.1) is 0 Å². The van der Waals surface area contributed by atoms with E-state index < -0.39 is 18.0 Å². The fraction of sp³-hybridized carbons (Fsp3) is 0.535. The maximum Gasteiger partial charge on any atom is 0.310 e. The van der Waals surface area contributed by atoms with Crippen molar-refractivity contribution in [1.29, 1.82) is 0 Å². The Bertz CT molecular complexity index is 1840. The lowest BCUT2D eigenvalue weighted by Crippen LogP contribution is -2.30. The van der Waals surface area contributed by atoms with Gasteiger partial charge in [0.1, 0.15) is 13.2 Å². The lowest BCUT2D eigenvalue weighted by molar-refractivity contribution is -0.166. The van der Waals surface area contributed by atoms with E-state index >= 15 is 0 Å². The van der Waals surface area contributed by atoms with Crippen LogP contribution < -0.4 is 0 Å². The highest BCUT2D eigenvalue weighted by Gasteiger charge is 2.19. The molecule has 0 aromatic rings. The number of carbonyl (C=O) groups excluding carboxylic acids is 3. The van der Waals surface area contributed by atoms with E-state index in [2.05, 4.69) is 179 Å². The first-order valence-electron chi connectivity index (χ1n) is 30.3. The Hall–Kier alpha value is -5.49. The fourth-order valence-corrected chi connectivity index (χ4v) is 7.56. The third kappa shape index (κ3) is 61.2. The van der Waals surface area contributed by atoms with Gasteiger partial charge in [-0.15, -0.1) is 0 Å². The van der Waals surface area contributed by atoms with Crippen molar-refractivity contribution in [3.8, 4) is 0 Å². The van der Waals surface area contributed by atoms with Crippen LogP contribution in [0.4, 0.5) is 0 Å². The van der Waals surface area contributed by atoms with E-state index in [0.29, 0.717) is 19.3 Å². The van der Waals surface area contributed by atoms with Gasteiger partial charge < -0.3 is 14.2 Å². The van der Waals surface area contributed by atoms with Crippen LogP contribution in [-0.2, 0) is 28.6 Å². The maximum atomic E-state index is 12.8. The first-order valence-corrected chi connectivity index (χ1v) is 30.3. The molecule has 0 aromatic carbocycles. The molecule has 0 aromatic heterocycles. The maximum absolute atomic E-state index is 12.8. The standard InChI is InChI=1S/C71H108O6/c1-4-7-10-13-16-19-22-25-28-29-30-31-32-33-34-35-36-37-38-39-40-41-44-46-49-52-55-58-61-64-70(73)76-67-68(77-71(74)65-62-59-56-53-50-47-43-27-24-21-18-15-12-9-6-3)66-75-69(72)63-60-57-54-51-48-45-42-26-23-20-17-14-11-8-5-2/h7-12,16-21,25-28,30-31,33-34,42-43,48,50-51,53,57,59-60,62,68H,4-6,13-15,22-24,29,32,35-41,44-47,49,52,54-56,58,61,63-67H2,1-3H3/b10-7-,11-8-,12-9-,19-16-,20-17-,21-18-,28-25-,31-30-,34-33-,42-26-,43-27-,51-48-,53-50-,60-57-,62-59-. The molecule has 1 unspecified atom stereocenters. The predicted octanol–water partition coefficient (Wildman–Crippen LogP) is 20.9. The third-order valence-electron chi connectivity index (χ3n) is 12.0. The van der Waals surface area contributed by atoms with E-state index in [1.165, 1.54) is 70.6 Å². The molecule has 0 fully saturated rings. The summed E-state index contributed by atoms with van der Waals surface area (Å²) in [5, 5.41) is 0. The van der Waals surface area contributed by atoms with Crippen LogP contribution in [0.15, 0.2) is 182 Å². The van der Waals surface area contributed by atoms with E-state index in [-0.39, 0.29) is 32.0 Å². The molecule has 0 heterocycles. The molecular weight excluding hydrogens is 949 g/mol. The first kappa shape index (κ1) is 71.5. The van der Waals surface area contributed by atoms with Crippen molar-refractivity contribution >= 4 is 17.9 Å². The van der Waals surface area contributed by atoms with Gasteiger partial charge in [-0.3, -0.25) is 14.4 Å². The van der Waals surface area contributed by atoms with E-state index in [9.17, 15) is 14.4 Å². The van der Waals surface area contributed by atoms with Crippen molar-refractivity contribution in [2.24, 2.45) is 0 Å². The molecule has 0 saturated carbocycles. The summed E-state index contributed by atoms with van der Waals surface area (Å²) in [6.07, 6.45) is 95.2. The summed E-state index contributed by atoms with van der Waals surface area (Å²) in [6, 6.07) is 0. The van der Waals surface area contributed by atoms with Crippen LogP contribution in [0.5, 0.6) is 0 Å². The minimum atomic E-state index is -0.883. The number of esters is 3. The van der Waals surface area contributed by atoms with Crippen molar-refractivity contribution in [3.63, 3.8) is 0 Å². The molecule has 0 bridgehead atoms. The number of allylic oxidation sites excluding steroid dienone is 28. The normalized spacial score (nSPS) is 13.4. The van der Waals surface area contributed by atoms with Crippen molar-refractivity contribution < 1.29 is 28.6 Å². The zero-order valence-electron chi connectivity index (χ0n) is 48.9. The molecule has 77 heavy (non-hydrogen) atoms. The van der Waals surface area contributed by atoms with E-state index in [1.807, 2.05) is 12.2 Å². The fourth-order valence-electron chi connectivity index (χ4n) is 7.56. The van der Waals surface area contributed by atoms with Crippen LogP contribution in [0.25, 0.3) is 0 Å². The van der Waals surface area contributed by atoms with Gasteiger partial charge in [-0.1, -0.05) is 274 Å². The van der Waals surface area contributed by atoms with Gasteiger partial charge in [0.05, 0.1) is 12.8 Å². The van der Waals surface area contributed by atoms with Gasteiger partial charge in [-0.25, -0.2) is 0 Å². The van der Waals surface area contributed by atoms with Crippen LogP contribution in [-0.4, -0.2) is 37.2 Å². The summed E-state index contributed by atoms with van der Waals surface area (Å²) in [7, 11) is 0. The molecule has 0 saturated heterocycles. The van der Waals surface area contributed by atoms with Crippen LogP contribution in [0.1, 0.15) is 226 Å². The number of ether oxygens (including phenoxy) is 3. The minimum absolute atomic E-state index is 0.0689. The molecule has 1 atom stereocenters. The highest BCUT2D eigenvalue weighted by atomic mass is 16.6. The topological polar surface area (TPSA) is 78.9 Å². The second-order valence-electron chi connectivity index (χ2n) is 19.1. The van der Waals surface area contributed by atoms with Crippen molar-refractivity contribution in [2.75, 3.05) is 13.2 Å². The van der Waals surface area contributed by atoms with Crippen LogP contribution >= 0.6 is 0 Å². The largest absolute Gasteiger partial charge is 0.462 e. The SMILES string of the molecule is CC/C=C\C/C=C\C/C=C\C/C=C\C/C=C\CCCCCCCCCCCCCCCC(=O)OCC(COC(=O)C/C=C\C/C=C\C/C=C\C/C=C\C/C=C\CC)OC(=O)C/C=C\C/C=C\C/C=C\C/C=C\C/C=C\CC. The van der Waals surface area contributed by atoms with E-state index in [1.54, 1.807) is 12.2 Å². The number of hydrogen-bond donors (Lipinski definition) is 0. The van der Waals surface area contributed by atoms with Crippen molar-refractivity contribution in [3.05, 3.63) is 182 Å². The average molecular weight is 1060 g/mol. The lowest BCUT2D eigenvalue weighted by atomic mass is 10.0. The highest BCUT2D eigenvalue weighted by Crippen LogP contribution is 2.14. The Morgan fingerprint density at radius 2 is 0.519 bits per heavy atom. The Kier molecular flexibility index (Phi) is 58.6. The molecular formula is C71H108O6. The van der Waals surface area contributed by atoms with Crippen molar-refractivity contribution in [1.82, 2.24) is 0 Å². The second-order valence-corrected chi connectivity index (χ2v) is 19.1. The second kappa shape index (κ2) is 63.0. The molecule has 6 nitrogen and oxygen atoms in total. The lowest BCUT2D eigenvalue weighted by Gasteiger charge is -2.17. The molecule has 0 N–H and O–H groups in total. The van der Waals surface area contributed by atoms with Gasteiger partial charge in [-0.05, 0) is 116 Å². The zero-order valence-corrected chi connectivity index (χ0v) is 48.9.